The molecule has 0 unspecified atom stereocenters. The number of carbonyl (C=O) groups is 4. The van der Waals surface area contributed by atoms with Crippen molar-refractivity contribution in [2.45, 2.75) is 25.7 Å². The molecule has 3 aromatic rings. The standard InChI is InChI=1S/C35H28N4O9/c1-16-12-27(40)24-15-23-20(28(30(24)32(16)41)21-9-8-17-6-4-5-7-19(17)33(21)42)10-11-22-29(23)35(44)37(34(22)43)18-13-25(38(45)46)31(36(2)3)26(14-18)39(47)48/h4-10,12-14,22-23,28-29,42H,11,15H2,1-3H3/t22-,23+,28+,29-/m0/s1. The van der Waals surface area contributed by atoms with Crippen LogP contribution >= 0.6 is 0 Å². The second-order valence-electron chi connectivity index (χ2n) is 12.7. The van der Waals surface area contributed by atoms with Gasteiger partial charge in [0.15, 0.2) is 17.3 Å². The van der Waals surface area contributed by atoms with Crippen LogP contribution in [0.15, 0.2) is 83.0 Å². The molecular weight excluding hydrogens is 620 g/mol. The Balaban J connectivity index is 1.38. The van der Waals surface area contributed by atoms with Crippen molar-refractivity contribution in [2.75, 3.05) is 23.9 Å². The molecule has 13 nitrogen and oxygen atoms in total. The van der Waals surface area contributed by atoms with Crippen LogP contribution in [-0.2, 0) is 19.2 Å². The Bertz CT molecular complexity index is 2130. The van der Waals surface area contributed by atoms with Crippen molar-refractivity contribution in [1.29, 1.82) is 0 Å². The summed E-state index contributed by atoms with van der Waals surface area (Å²) in [5.41, 5.74) is -0.214. The Hall–Kier alpha value is -5.98. The first-order chi connectivity index (χ1) is 22.8. The SMILES string of the molecule is CC1=CC(=O)C2=C(C1=O)[C@@H](c1ccc3ccccc3c1O)C1=CC[C@@H]3C(=O)N(c4cc([N+](=O)[O-])c(N(C)C)c([N+](=O)[O-])c4)C(=O)[C@@H]3[C@@H]1C2. The monoisotopic (exact) mass is 648 g/mol. The Morgan fingerprint density at radius 3 is 2.23 bits per heavy atom. The van der Waals surface area contributed by atoms with Crippen LogP contribution in [-0.4, -0.2) is 52.4 Å². The van der Waals surface area contributed by atoms with E-state index in [4.69, 9.17) is 0 Å². The second kappa shape index (κ2) is 10.8. The maximum absolute atomic E-state index is 14.3. The van der Waals surface area contributed by atoms with E-state index in [0.717, 1.165) is 22.4 Å². The molecule has 3 aliphatic carbocycles. The summed E-state index contributed by atoms with van der Waals surface area (Å²) in [5, 5.41) is 36.9. The fourth-order valence-corrected chi connectivity index (χ4v) is 7.93. The number of nitro benzene ring substituents is 2. The van der Waals surface area contributed by atoms with Crippen LogP contribution in [0.4, 0.5) is 22.7 Å². The van der Waals surface area contributed by atoms with Gasteiger partial charge in [0.1, 0.15) is 5.75 Å². The van der Waals surface area contributed by atoms with E-state index in [1.807, 2.05) is 12.1 Å². The number of Topliss-reactive ketones (excluding diaryl/α,β-unsaturated/α-hetero) is 1. The number of hydrogen-bond acceptors (Lipinski definition) is 10. The number of nitro groups is 2. The van der Waals surface area contributed by atoms with Gasteiger partial charge in [-0.05, 0) is 37.1 Å². The van der Waals surface area contributed by atoms with Crippen molar-refractivity contribution in [3.05, 3.63) is 109 Å². The molecule has 1 heterocycles. The first-order valence-electron chi connectivity index (χ1n) is 15.2. The summed E-state index contributed by atoms with van der Waals surface area (Å²) in [5.74, 6) is -5.78. The van der Waals surface area contributed by atoms with Crippen LogP contribution in [0.25, 0.3) is 10.8 Å². The van der Waals surface area contributed by atoms with Gasteiger partial charge < -0.3 is 10.0 Å². The minimum atomic E-state index is -1.03. The number of hydrogen-bond donors (Lipinski definition) is 1. The van der Waals surface area contributed by atoms with E-state index in [1.165, 1.54) is 25.1 Å². The normalized spacial score (nSPS) is 23.4. The summed E-state index contributed by atoms with van der Waals surface area (Å²) in [6.07, 6.45) is 3.09. The molecule has 3 aromatic carbocycles. The van der Waals surface area contributed by atoms with Gasteiger partial charge in [0, 0.05) is 59.8 Å². The van der Waals surface area contributed by atoms with E-state index in [2.05, 4.69) is 0 Å². The van der Waals surface area contributed by atoms with Crippen molar-refractivity contribution < 1.29 is 34.1 Å². The topological polar surface area (TPSA) is 181 Å². The fourth-order valence-electron chi connectivity index (χ4n) is 7.93. The molecule has 1 aliphatic heterocycles. The number of ketones is 2. The number of allylic oxidation sites excluding steroid dienone is 6. The number of benzene rings is 3. The molecule has 0 aromatic heterocycles. The second-order valence-corrected chi connectivity index (χ2v) is 12.7. The lowest BCUT2D eigenvalue weighted by atomic mass is 9.59. The first kappa shape index (κ1) is 30.7. The zero-order valence-electron chi connectivity index (χ0n) is 26.0. The molecule has 1 fully saturated rings. The van der Waals surface area contributed by atoms with Gasteiger partial charge in [0.25, 0.3) is 0 Å². The van der Waals surface area contributed by atoms with E-state index in [9.17, 15) is 44.5 Å². The molecule has 4 aliphatic rings. The number of aromatic hydroxyl groups is 1. The van der Waals surface area contributed by atoms with E-state index in [0.29, 0.717) is 16.5 Å². The maximum atomic E-state index is 14.3. The number of imide groups is 1. The number of phenolic OH excluding ortho intramolecular Hbond substituents is 1. The number of amides is 2. The zero-order valence-corrected chi connectivity index (χ0v) is 26.0. The van der Waals surface area contributed by atoms with Crippen LogP contribution in [0.2, 0.25) is 0 Å². The van der Waals surface area contributed by atoms with Crippen LogP contribution in [0.5, 0.6) is 5.75 Å². The van der Waals surface area contributed by atoms with Crippen LogP contribution in [0.3, 0.4) is 0 Å². The highest BCUT2D eigenvalue weighted by Gasteiger charge is 2.57. The van der Waals surface area contributed by atoms with E-state index >= 15 is 0 Å². The summed E-state index contributed by atoms with van der Waals surface area (Å²) in [6, 6.07) is 12.6. The molecule has 1 saturated heterocycles. The minimum absolute atomic E-state index is 0.0196. The Kier molecular flexibility index (Phi) is 6.89. The third kappa shape index (κ3) is 4.30. The first-order valence-corrected chi connectivity index (χ1v) is 15.2. The summed E-state index contributed by atoms with van der Waals surface area (Å²) in [4.78, 5) is 79.9. The summed E-state index contributed by atoms with van der Waals surface area (Å²) >= 11 is 0. The molecule has 48 heavy (non-hydrogen) atoms. The van der Waals surface area contributed by atoms with Crippen molar-refractivity contribution in [3.63, 3.8) is 0 Å². The van der Waals surface area contributed by atoms with Gasteiger partial charge in [-0.2, -0.15) is 0 Å². The third-order valence-electron chi connectivity index (χ3n) is 9.96. The van der Waals surface area contributed by atoms with Crippen LogP contribution in [0.1, 0.15) is 31.2 Å². The van der Waals surface area contributed by atoms with Gasteiger partial charge in [-0.1, -0.05) is 48.0 Å². The molecule has 0 saturated carbocycles. The van der Waals surface area contributed by atoms with Crippen molar-refractivity contribution in [1.82, 2.24) is 0 Å². The molecule has 2 amide bonds. The number of anilines is 2. The summed E-state index contributed by atoms with van der Waals surface area (Å²) in [6.45, 7) is 1.55. The van der Waals surface area contributed by atoms with Gasteiger partial charge >= 0.3 is 11.4 Å². The van der Waals surface area contributed by atoms with Gasteiger partial charge in [0.2, 0.25) is 11.8 Å². The lowest BCUT2D eigenvalue weighted by molar-refractivity contribution is -0.392. The van der Waals surface area contributed by atoms with E-state index < -0.39 is 62.5 Å². The summed E-state index contributed by atoms with van der Waals surface area (Å²) < 4.78 is 0. The lowest BCUT2D eigenvalue weighted by Gasteiger charge is -2.42. The molecule has 13 heteroatoms. The Labute approximate surface area is 272 Å². The molecule has 1 N–H and O–H groups in total. The maximum Gasteiger partial charge on any atom is 0.301 e. The largest absolute Gasteiger partial charge is 0.507 e. The molecule has 0 bridgehead atoms. The number of rotatable bonds is 5. The molecule has 0 spiro atoms. The quantitative estimate of drug-likeness (QED) is 0.129. The van der Waals surface area contributed by atoms with Crippen LogP contribution < -0.4 is 9.80 Å². The molecule has 4 atom stereocenters. The summed E-state index contributed by atoms with van der Waals surface area (Å²) in [7, 11) is 2.82. The number of nitrogens with zero attached hydrogens (tertiary/aromatic N) is 4. The predicted molar refractivity (Wildman–Crippen MR) is 174 cm³/mol. The van der Waals surface area contributed by atoms with Crippen LogP contribution in [0, 0.1) is 38.0 Å². The average molecular weight is 649 g/mol. The highest BCUT2D eigenvalue weighted by molar-refractivity contribution is 6.25. The average Bonchev–Trinajstić information content (AvgIpc) is 3.31. The molecule has 7 rings (SSSR count). The van der Waals surface area contributed by atoms with Gasteiger partial charge in [-0.15, -0.1) is 0 Å². The Morgan fingerprint density at radius 1 is 0.917 bits per heavy atom. The lowest BCUT2D eigenvalue weighted by Crippen LogP contribution is -2.39. The number of fused-ring (bicyclic) bond motifs is 4. The Morgan fingerprint density at radius 2 is 1.58 bits per heavy atom. The third-order valence-corrected chi connectivity index (χ3v) is 9.96. The smallest absolute Gasteiger partial charge is 0.301 e. The van der Waals surface area contributed by atoms with Gasteiger partial charge in [-0.25, -0.2) is 4.90 Å². The van der Waals surface area contributed by atoms with Crippen molar-refractivity contribution in [3.8, 4) is 5.75 Å². The predicted octanol–water partition coefficient (Wildman–Crippen LogP) is 5.06. The molecule has 0 radical (unpaired) electrons. The van der Waals surface area contributed by atoms with Crippen molar-refractivity contribution in [2.24, 2.45) is 17.8 Å². The zero-order chi connectivity index (χ0) is 34.3. The molecule has 242 valence electrons. The van der Waals surface area contributed by atoms with Gasteiger partial charge in [0.05, 0.1) is 27.4 Å². The molecular formula is C35H28N4O9. The van der Waals surface area contributed by atoms with E-state index in [-0.39, 0.29) is 52.5 Å². The fraction of sp³-hybridized carbons (Fsp3) is 0.257. The number of carbonyl (C=O) groups excluding carboxylic acids is 4. The minimum Gasteiger partial charge on any atom is -0.507 e. The van der Waals surface area contributed by atoms with Crippen molar-refractivity contribution >= 4 is 56.9 Å². The van der Waals surface area contributed by atoms with Gasteiger partial charge in [-0.3, -0.25) is 39.4 Å². The van der Waals surface area contributed by atoms with E-state index in [1.54, 1.807) is 37.3 Å². The highest BCUT2D eigenvalue weighted by atomic mass is 16.6. The number of phenols is 1. The highest BCUT2D eigenvalue weighted by Crippen LogP contribution is 2.57.